The van der Waals surface area contributed by atoms with E-state index in [1.54, 1.807) is 4.90 Å². The topological polar surface area (TPSA) is 69.6 Å². The summed E-state index contributed by atoms with van der Waals surface area (Å²) in [6.07, 6.45) is 6.77. The zero-order valence-electron chi connectivity index (χ0n) is 22.4. The number of hydrogen-bond acceptors (Lipinski definition) is 5. The quantitative estimate of drug-likeness (QED) is 0.197. The summed E-state index contributed by atoms with van der Waals surface area (Å²) in [5.41, 5.74) is 4.66. The molecule has 0 aliphatic carbocycles. The third kappa shape index (κ3) is 6.55. The molecule has 7 nitrogen and oxygen atoms in total. The van der Waals surface area contributed by atoms with Crippen molar-refractivity contribution in [3.8, 4) is 0 Å². The number of nitrogens with one attached hydrogen (secondary N) is 2. The van der Waals surface area contributed by atoms with E-state index in [4.69, 9.17) is 0 Å². The van der Waals surface area contributed by atoms with Gasteiger partial charge >= 0.3 is 0 Å². The van der Waals surface area contributed by atoms with E-state index >= 15 is 0 Å². The van der Waals surface area contributed by atoms with E-state index in [2.05, 4.69) is 50.8 Å². The average Bonchev–Trinajstić information content (AvgIpc) is 3.24. The minimum atomic E-state index is -0.393. The highest BCUT2D eigenvalue weighted by molar-refractivity contribution is 7.97. The Balaban J connectivity index is 1.50. The maximum atomic E-state index is 13.4. The van der Waals surface area contributed by atoms with Crippen molar-refractivity contribution in [1.29, 1.82) is 0 Å². The number of hydrogen-bond donors (Lipinski definition) is 2. The standard InChI is InChI=1S/C29H39N5O2S/c1-5-30-13-16-32(20-35)24-10-9-21(2)27(17-24)31-29(36)23(4)34-19-22(3)26-18-25(11-12-28(26)34)37-33-14-7-6-8-15-33/h9-12,17-20,23,30H,5-8,13-16H2,1-4H3,(H,31,36). The summed E-state index contributed by atoms with van der Waals surface area (Å²) in [4.78, 5) is 28.0. The molecule has 0 bridgehead atoms. The van der Waals surface area contributed by atoms with Gasteiger partial charge in [-0.25, -0.2) is 4.31 Å². The normalized spacial score (nSPS) is 15.0. The van der Waals surface area contributed by atoms with Crippen molar-refractivity contribution in [3.63, 3.8) is 0 Å². The molecular formula is C29H39N5O2S. The van der Waals surface area contributed by atoms with Crippen LogP contribution in [0.5, 0.6) is 0 Å². The summed E-state index contributed by atoms with van der Waals surface area (Å²) in [6.45, 7) is 12.4. The fourth-order valence-corrected chi connectivity index (χ4v) is 5.83. The van der Waals surface area contributed by atoms with E-state index in [0.717, 1.165) is 54.1 Å². The predicted molar refractivity (Wildman–Crippen MR) is 154 cm³/mol. The van der Waals surface area contributed by atoms with Crippen molar-refractivity contribution in [1.82, 2.24) is 14.2 Å². The highest BCUT2D eigenvalue weighted by Gasteiger charge is 2.20. The fourth-order valence-electron chi connectivity index (χ4n) is 4.79. The van der Waals surface area contributed by atoms with Crippen LogP contribution in [-0.4, -0.2) is 53.9 Å². The van der Waals surface area contributed by atoms with Gasteiger partial charge in [0.05, 0.1) is 0 Å². The minimum Gasteiger partial charge on any atom is -0.335 e. The summed E-state index contributed by atoms with van der Waals surface area (Å²) in [5.74, 6) is -0.0887. The molecule has 4 rings (SSSR count). The number of aryl methyl sites for hydroxylation is 2. The van der Waals surface area contributed by atoms with Crippen LogP contribution in [0.25, 0.3) is 10.9 Å². The highest BCUT2D eigenvalue weighted by Crippen LogP contribution is 2.32. The summed E-state index contributed by atoms with van der Waals surface area (Å²) in [7, 11) is 0. The van der Waals surface area contributed by atoms with Gasteiger partial charge < -0.3 is 20.1 Å². The zero-order chi connectivity index (χ0) is 26.4. The van der Waals surface area contributed by atoms with Crippen molar-refractivity contribution < 1.29 is 9.59 Å². The minimum absolute atomic E-state index is 0.0887. The second-order valence-corrected chi connectivity index (χ2v) is 11.0. The first-order valence-corrected chi connectivity index (χ1v) is 14.1. The largest absolute Gasteiger partial charge is 0.335 e. The molecule has 1 saturated heterocycles. The van der Waals surface area contributed by atoms with Crippen molar-refractivity contribution in [3.05, 3.63) is 53.7 Å². The number of nitrogens with zero attached hydrogens (tertiary/aromatic N) is 3. The van der Waals surface area contributed by atoms with E-state index in [0.29, 0.717) is 13.1 Å². The van der Waals surface area contributed by atoms with E-state index in [9.17, 15) is 9.59 Å². The SMILES string of the molecule is CCNCCN(C=O)c1ccc(C)c(NC(=O)C(C)n2cc(C)c3cc(SN4CCCCC4)ccc32)c1. The molecule has 2 heterocycles. The number of piperidine rings is 1. The molecule has 0 saturated carbocycles. The van der Waals surface area contributed by atoms with E-state index in [-0.39, 0.29) is 5.91 Å². The lowest BCUT2D eigenvalue weighted by Crippen LogP contribution is -2.31. The number of carbonyl (C=O) groups is 2. The van der Waals surface area contributed by atoms with Gasteiger partial charge in [0, 0.05) is 59.5 Å². The van der Waals surface area contributed by atoms with Gasteiger partial charge in [-0.3, -0.25) is 9.59 Å². The van der Waals surface area contributed by atoms with Gasteiger partial charge in [-0.1, -0.05) is 19.4 Å². The third-order valence-corrected chi connectivity index (χ3v) is 8.16. The Morgan fingerprint density at radius 2 is 1.89 bits per heavy atom. The van der Waals surface area contributed by atoms with Crippen LogP contribution in [0.4, 0.5) is 11.4 Å². The average molecular weight is 522 g/mol. The highest BCUT2D eigenvalue weighted by atomic mass is 32.2. The molecule has 1 aliphatic heterocycles. The lowest BCUT2D eigenvalue weighted by atomic mass is 10.1. The van der Waals surface area contributed by atoms with Gasteiger partial charge in [0.1, 0.15) is 6.04 Å². The van der Waals surface area contributed by atoms with Crippen molar-refractivity contribution in [2.75, 3.05) is 42.9 Å². The van der Waals surface area contributed by atoms with Gasteiger partial charge in [0.25, 0.3) is 0 Å². The molecule has 0 radical (unpaired) electrons. The van der Waals surface area contributed by atoms with Gasteiger partial charge in [0.2, 0.25) is 12.3 Å². The summed E-state index contributed by atoms with van der Waals surface area (Å²) >= 11 is 1.84. The van der Waals surface area contributed by atoms with Crippen LogP contribution in [-0.2, 0) is 9.59 Å². The monoisotopic (exact) mass is 521 g/mol. The van der Waals surface area contributed by atoms with Crippen LogP contribution in [0.3, 0.4) is 0 Å². The number of aromatic nitrogens is 1. The van der Waals surface area contributed by atoms with Crippen LogP contribution in [0.15, 0.2) is 47.5 Å². The first kappa shape index (κ1) is 27.2. The molecule has 3 aromatic rings. The van der Waals surface area contributed by atoms with Crippen LogP contribution in [0.1, 0.15) is 50.3 Å². The Labute approximate surface area is 224 Å². The lowest BCUT2D eigenvalue weighted by molar-refractivity contribution is -0.118. The van der Waals surface area contributed by atoms with Gasteiger partial charge in [-0.2, -0.15) is 0 Å². The summed E-state index contributed by atoms with van der Waals surface area (Å²) in [6, 6.07) is 11.9. The number of carbonyl (C=O) groups excluding carboxylic acids is 2. The molecule has 1 atom stereocenters. The Morgan fingerprint density at radius 1 is 1.11 bits per heavy atom. The van der Waals surface area contributed by atoms with Gasteiger partial charge in [-0.15, -0.1) is 0 Å². The van der Waals surface area contributed by atoms with E-state index in [1.807, 2.05) is 50.9 Å². The molecule has 198 valence electrons. The van der Waals surface area contributed by atoms with E-state index < -0.39 is 6.04 Å². The van der Waals surface area contributed by atoms with Gasteiger partial charge in [0.15, 0.2) is 0 Å². The molecule has 1 aliphatic rings. The fraction of sp³-hybridized carbons (Fsp3) is 0.448. The van der Waals surface area contributed by atoms with Crippen molar-refractivity contribution >= 4 is 46.5 Å². The second kappa shape index (κ2) is 12.6. The first-order valence-electron chi connectivity index (χ1n) is 13.3. The maximum absolute atomic E-state index is 13.4. The Hall–Kier alpha value is -2.81. The van der Waals surface area contributed by atoms with Crippen molar-refractivity contribution in [2.24, 2.45) is 0 Å². The molecule has 1 fully saturated rings. The lowest BCUT2D eigenvalue weighted by Gasteiger charge is -2.25. The Kier molecular flexibility index (Phi) is 9.29. The zero-order valence-corrected chi connectivity index (χ0v) is 23.2. The predicted octanol–water partition coefficient (Wildman–Crippen LogP) is 5.52. The molecule has 1 unspecified atom stereocenters. The molecule has 2 aromatic carbocycles. The Bertz CT molecular complexity index is 1230. The molecule has 2 amide bonds. The molecule has 37 heavy (non-hydrogen) atoms. The number of likely N-dealkylation sites (N-methyl/N-ethyl adjacent to an activating group) is 1. The molecule has 1 aromatic heterocycles. The number of rotatable bonds is 11. The third-order valence-electron chi connectivity index (χ3n) is 7.07. The van der Waals surface area contributed by atoms with Crippen LogP contribution in [0, 0.1) is 13.8 Å². The maximum Gasteiger partial charge on any atom is 0.247 e. The summed E-state index contributed by atoms with van der Waals surface area (Å²) < 4.78 is 4.51. The number of benzene rings is 2. The smallest absolute Gasteiger partial charge is 0.247 e. The molecule has 2 N–H and O–H groups in total. The molecule has 8 heteroatoms. The van der Waals surface area contributed by atoms with E-state index in [1.165, 1.54) is 29.5 Å². The van der Waals surface area contributed by atoms with Crippen LogP contribution < -0.4 is 15.5 Å². The number of amides is 2. The summed E-state index contributed by atoms with van der Waals surface area (Å²) in [5, 5.41) is 7.53. The van der Waals surface area contributed by atoms with Crippen molar-refractivity contribution in [2.45, 2.75) is 57.9 Å². The Morgan fingerprint density at radius 3 is 2.62 bits per heavy atom. The first-order chi connectivity index (χ1) is 17.9. The second-order valence-electron chi connectivity index (χ2n) is 9.80. The van der Waals surface area contributed by atoms with Crippen LogP contribution in [0.2, 0.25) is 0 Å². The number of anilines is 2. The van der Waals surface area contributed by atoms with Crippen LogP contribution >= 0.6 is 11.9 Å². The molecular weight excluding hydrogens is 482 g/mol. The van der Waals surface area contributed by atoms with Gasteiger partial charge in [-0.05, 0) is 93.6 Å². The number of fused-ring (bicyclic) bond motifs is 1. The molecule has 0 spiro atoms.